The Labute approximate surface area is 140 Å². The third-order valence-corrected chi connectivity index (χ3v) is 7.43. The summed E-state index contributed by atoms with van der Waals surface area (Å²) in [7, 11) is -3.22. The molecule has 2 heterocycles. The van der Waals surface area contributed by atoms with Gasteiger partial charge in [-0.05, 0) is 36.9 Å². The van der Waals surface area contributed by atoms with Crippen molar-refractivity contribution in [3.8, 4) is 0 Å². The molecule has 1 saturated heterocycles. The summed E-state index contributed by atoms with van der Waals surface area (Å²) in [6.07, 6.45) is 0.459. The number of aryl methyl sites for hydroxylation is 1. The van der Waals surface area contributed by atoms with Gasteiger partial charge < -0.3 is 4.90 Å². The van der Waals surface area contributed by atoms with Gasteiger partial charge in [0.2, 0.25) is 0 Å². The van der Waals surface area contributed by atoms with Crippen LogP contribution < -0.4 is 0 Å². The van der Waals surface area contributed by atoms with E-state index in [4.69, 9.17) is 0 Å². The van der Waals surface area contributed by atoms with Gasteiger partial charge in [-0.3, -0.25) is 4.79 Å². The average molecular weight is 349 g/mol. The Bertz CT molecular complexity index is 780. The molecular formula is C17H19NO3S2. The summed E-state index contributed by atoms with van der Waals surface area (Å²) in [6, 6.07) is 11.1. The van der Waals surface area contributed by atoms with E-state index in [1.165, 1.54) is 11.3 Å². The van der Waals surface area contributed by atoms with Gasteiger partial charge in [-0.25, -0.2) is 8.42 Å². The molecule has 1 atom stereocenters. The van der Waals surface area contributed by atoms with Crippen LogP contribution in [0.25, 0.3) is 0 Å². The number of hydrogen-bond donors (Lipinski definition) is 0. The Morgan fingerprint density at radius 2 is 1.91 bits per heavy atom. The topological polar surface area (TPSA) is 54.5 Å². The third kappa shape index (κ3) is 3.48. The van der Waals surface area contributed by atoms with Crippen molar-refractivity contribution in [3.63, 3.8) is 0 Å². The maximum atomic E-state index is 12.6. The Kier molecular flexibility index (Phi) is 4.55. The van der Waals surface area contributed by atoms with Gasteiger partial charge in [0.1, 0.15) is 0 Å². The van der Waals surface area contributed by atoms with Crippen molar-refractivity contribution in [1.29, 1.82) is 0 Å². The first-order valence-electron chi connectivity index (χ1n) is 7.58. The fourth-order valence-electron chi connectivity index (χ4n) is 2.82. The molecule has 1 aliphatic rings. The van der Waals surface area contributed by atoms with Crippen molar-refractivity contribution in [2.45, 2.75) is 18.6 Å². The van der Waals surface area contributed by atoms with Crippen molar-refractivity contribution in [3.05, 3.63) is 57.8 Å². The second-order valence-electron chi connectivity index (χ2n) is 5.82. The van der Waals surface area contributed by atoms with Crippen LogP contribution in [0, 0.1) is 6.92 Å². The van der Waals surface area contributed by atoms with Crippen LogP contribution in [-0.2, 0) is 9.84 Å². The predicted octanol–water partition coefficient (Wildman–Crippen LogP) is 3.06. The van der Waals surface area contributed by atoms with Gasteiger partial charge in [0.05, 0.1) is 11.0 Å². The van der Waals surface area contributed by atoms with Gasteiger partial charge >= 0.3 is 0 Å². The minimum Gasteiger partial charge on any atom is -0.338 e. The molecule has 0 radical (unpaired) electrons. The van der Waals surface area contributed by atoms with Crippen molar-refractivity contribution in [1.82, 2.24) is 4.90 Å². The largest absolute Gasteiger partial charge is 0.338 e. The minimum absolute atomic E-state index is 0.0210. The van der Waals surface area contributed by atoms with Crippen LogP contribution in [0.5, 0.6) is 0 Å². The molecule has 1 aliphatic heterocycles. The molecule has 3 rings (SSSR count). The summed E-state index contributed by atoms with van der Waals surface area (Å²) in [5, 5.41) is 1.41. The maximum Gasteiger partial charge on any atom is 0.253 e. The molecule has 1 aromatic carbocycles. The lowest BCUT2D eigenvalue weighted by atomic mass is 10.1. The minimum atomic E-state index is -3.22. The van der Waals surface area contributed by atoms with E-state index in [0.717, 1.165) is 10.4 Å². The van der Waals surface area contributed by atoms with E-state index in [1.807, 2.05) is 36.6 Å². The van der Waals surface area contributed by atoms with E-state index in [-0.39, 0.29) is 18.2 Å². The summed E-state index contributed by atoms with van der Waals surface area (Å²) < 4.78 is 25.0. The van der Waals surface area contributed by atoms with Crippen LogP contribution in [0.15, 0.2) is 41.8 Å². The van der Waals surface area contributed by atoms with Gasteiger partial charge in [0.25, 0.3) is 5.91 Å². The summed E-state index contributed by atoms with van der Waals surface area (Å²) in [5.41, 5.74) is 1.71. The molecule has 0 N–H and O–H groups in total. The number of rotatable bonds is 2. The van der Waals surface area contributed by atoms with E-state index >= 15 is 0 Å². The van der Waals surface area contributed by atoms with E-state index in [9.17, 15) is 13.2 Å². The highest BCUT2D eigenvalue weighted by Gasteiger charge is 2.33. The van der Waals surface area contributed by atoms with Crippen molar-refractivity contribution < 1.29 is 13.2 Å². The van der Waals surface area contributed by atoms with Crippen LogP contribution in [-0.4, -0.2) is 38.1 Å². The van der Waals surface area contributed by atoms with Crippen molar-refractivity contribution in [2.24, 2.45) is 0 Å². The maximum absolute atomic E-state index is 12.6. The molecule has 1 aromatic heterocycles. The number of carbonyl (C=O) groups excluding carboxylic acids is 1. The lowest BCUT2D eigenvalue weighted by Crippen LogP contribution is -2.33. The fourth-order valence-corrected chi connectivity index (χ4v) is 5.82. The molecule has 0 saturated carbocycles. The fraction of sp³-hybridized carbons (Fsp3) is 0.353. The van der Waals surface area contributed by atoms with E-state index in [1.54, 1.807) is 17.0 Å². The van der Waals surface area contributed by atoms with E-state index in [0.29, 0.717) is 18.5 Å². The van der Waals surface area contributed by atoms with Gasteiger partial charge in [-0.15, -0.1) is 11.3 Å². The lowest BCUT2D eigenvalue weighted by Gasteiger charge is -2.20. The number of sulfone groups is 1. The number of carbonyl (C=O) groups is 1. The Balaban J connectivity index is 1.80. The Hall–Kier alpha value is -1.66. The molecule has 0 bridgehead atoms. The normalized spacial score (nSPS) is 20.9. The first kappa shape index (κ1) is 16.2. The molecule has 4 nitrogen and oxygen atoms in total. The first-order valence-corrected chi connectivity index (χ1v) is 10.2. The summed E-state index contributed by atoms with van der Waals surface area (Å²) in [5.74, 6) is -0.0697. The van der Waals surface area contributed by atoms with Crippen LogP contribution >= 0.6 is 11.3 Å². The number of thiophene rings is 1. The second kappa shape index (κ2) is 6.45. The van der Waals surface area contributed by atoms with Crippen LogP contribution in [0.1, 0.15) is 32.5 Å². The van der Waals surface area contributed by atoms with Gasteiger partial charge in [0.15, 0.2) is 9.84 Å². The number of benzene rings is 1. The molecule has 122 valence electrons. The van der Waals surface area contributed by atoms with E-state index in [2.05, 4.69) is 0 Å². The molecule has 1 amide bonds. The lowest BCUT2D eigenvalue weighted by molar-refractivity contribution is 0.0766. The highest BCUT2D eigenvalue weighted by atomic mass is 32.2. The molecule has 2 aromatic rings. The molecule has 0 spiro atoms. The quantitative estimate of drug-likeness (QED) is 0.837. The van der Waals surface area contributed by atoms with Gasteiger partial charge in [-0.2, -0.15) is 0 Å². The van der Waals surface area contributed by atoms with Gasteiger partial charge in [0, 0.05) is 23.5 Å². The Morgan fingerprint density at radius 3 is 2.57 bits per heavy atom. The zero-order valence-corrected chi connectivity index (χ0v) is 14.6. The summed E-state index contributed by atoms with van der Waals surface area (Å²) >= 11 is 1.47. The molecule has 23 heavy (non-hydrogen) atoms. The number of amides is 1. The number of nitrogens with zero attached hydrogens (tertiary/aromatic N) is 1. The predicted molar refractivity (Wildman–Crippen MR) is 92.5 cm³/mol. The molecule has 1 fully saturated rings. The smallest absolute Gasteiger partial charge is 0.253 e. The third-order valence-electron chi connectivity index (χ3n) is 4.19. The zero-order chi connectivity index (χ0) is 16.4. The van der Waals surface area contributed by atoms with Crippen LogP contribution in [0.2, 0.25) is 0 Å². The van der Waals surface area contributed by atoms with E-state index < -0.39 is 15.1 Å². The standard InChI is InChI=1S/C17H19NO3S2/c1-13-4-6-14(7-5-13)17(19)18-9-8-16(15-3-2-11-22-15)23(20,21)12-10-18/h2-7,11,16H,8-10,12H2,1H3. The zero-order valence-electron chi connectivity index (χ0n) is 12.9. The molecular weight excluding hydrogens is 330 g/mol. The highest BCUT2D eigenvalue weighted by molar-refractivity contribution is 7.91. The van der Waals surface area contributed by atoms with Gasteiger partial charge in [-0.1, -0.05) is 23.8 Å². The van der Waals surface area contributed by atoms with Crippen LogP contribution in [0.3, 0.4) is 0 Å². The monoisotopic (exact) mass is 349 g/mol. The highest BCUT2D eigenvalue weighted by Crippen LogP contribution is 2.32. The van der Waals surface area contributed by atoms with Crippen LogP contribution in [0.4, 0.5) is 0 Å². The molecule has 0 aliphatic carbocycles. The molecule has 1 unspecified atom stereocenters. The molecule has 6 heteroatoms. The first-order chi connectivity index (χ1) is 11.0. The Morgan fingerprint density at radius 1 is 1.17 bits per heavy atom. The average Bonchev–Trinajstić information content (AvgIpc) is 2.99. The second-order valence-corrected chi connectivity index (χ2v) is 9.10. The summed E-state index contributed by atoms with van der Waals surface area (Å²) in [6.45, 7) is 2.70. The SMILES string of the molecule is Cc1ccc(C(=O)N2CCC(c3cccs3)S(=O)(=O)CC2)cc1. The summed E-state index contributed by atoms with van der Waals surface area (Å²) in [4.78, 5) is 15.1. The van der Waals surface area contributed by atoms with Crippen molar-refractivity contribution in [2.75, 3.05) is 18.8 Å². The number of hydrogen-bond acceptors (Lipinski definition) is 4. The van der Waals surface area contributed by atoms with Crippen molar-refractivity contribution >= 4 is 27.1 Å².